The van der Waals surface area contributed by atoms with Crippen LogP contribution in [0.4, 0.5) is 22.7 Å². The SMILES string of the molecule is CCc1nnc(NC(=O)/C(C#N)=C/c2ccc(OCc3cc(F)ccc3C(F)(F)F)c(OC)c2)s1. The van der Waals surface area contributed by atoms with Gasteiger partial charge in [0.05, 0.1) is 12.7 Å². The summed E-state index contributed by atoms with van der Waals surface area (Å²) in [7, 11) is 1.32. The van der Waals surface area contributed by atoms with Crippen LogP contribution in [-0.2, 0) is 24.0 Å². The van der Waals surface area contributed by atoms with Crippen LogP contribution >= 0.6 is 11.3 Å². The van der Waals surface area contributed by atoms with Gasteiger partial charge in [-0.3, -0.25) is 10.1 Å². The van der Waals surface area contributed by atoms with Gasteiger partial charge in [-0.05, 0) is 48.4 Å². The smallest absolute Gasteiger partial charge is 0.416 e. The van der Waals surface area contributed by atoms with Crippen LogP contribution in [0.5, 0.6) is 11.5 Å². The molecule has 12 heteroatoms. The Morgan fingerprint density at radius 2 is 1.97 bits per heavy atom. The average molecular weight is 506 g/mol. The van der Waals surface area contributed by atoms with E-state index in [4.69, 9.17) is 9.47 Å². The minimum atomic E-state index is -4.67. The van der Waals surface area contributed by atoms with E-state index in [0.717, 1.165) is 17.1 Å². The van der Waals surface area contributed by atoms with Crippen molar-refractivity contribution >= 4 is 28.5 Å². The number of amides is 1. The number of hydrogen-bond donors (Lipinski definition) is 1. The summed E-state index contributed by atoms with van der Waals surface area (Å²) in [5, 5.41) is 20.6. The summed E-state index contributed by atoms with van der Waals surface area (Å²) in [4.78, 5) is 12.4. The Kier molecular flexibility index (Phi) is 8.03. The van der Waals surface area contributed by atoms with Crippen molar-refractivity contribution in [3.8, 4) is 17.6 Å². The molecule has 1 heterocycles. The number of ether oxygens (including phenoxy) is 2. The van der Waals surface area contributed by atoms with Gasteiger partial charge in [-0.1, -0.05) is 24.3 Å². The Balaban J connectivity index is 1.79. The molecule has 0 saturated heterocycles. The lowest BCUT2D eigenvalue weighted by molar-refractivity contribution is -0.138. The summed E-state index contributed by atoms with van der Waals surface area (Å²) in [5.74, 6) is -1.29. The van der Waals surface area contributed by atoms with Crippen molar-refractivity contribution in [2.75, 3.05) is 12.4 Å². The fourth-order valence-electron chi connectivity index (χ4n) is 2.93. The number of anilines is 1. The van der Waals surface area contributed by atoms with Gasteiger partial charge in [0.1, 0.15) is 29.1 Å². The summed E-state index contributed by atoms with van der Waals surface area (Å²) in [5.41, 5.74) is -1.21. The molecule has 0 aliphatic heterocycles. The topological polar surface area (TPSA) is 97.1 Å². The van der Waals surface area contributed by atoms with E-state index in [1.165, 1.54) is 42.7 Å². The van der Waals surface area contributed by atoms with Crippen LogP contribution in [0.2, 0.25) is 0 Å². The Labute approximate surface area is 201 Å². The predicted octanol–water partition coefficient (Wildman–Crippen LogP) is 5.39. The predicted molar refractivity (Wildman–Crippen MR) is 120 cm³/mol. The molecule has 0 aliphatic carbocycles. The van der Waals surface area contributed by atoms with Crippen LogP contribution in [-0.4, -0.2) is 23.2 Å². The van der Waals surface area contributed by atoms with Gasteiger partial charge in [0, 0.05) is 5.56 Å². The van der Waals surface area contributed by atoms with E-state index >= 15 is 0 Å². The Morgan fingerprint density at radius 1 is 1.20 bits per heavy atom. The third kappa shape index (κ3) is 6.54. The van der Waals surface area contributed by atoms with Crippen molar-refractivity contribution in [2.45, 2.75) is 26.1 Å². The van der Waals surface area contributed by atoms with Crippen LogP contribution in [0.25, 0.3) is 6.08 Å². The minimum Gasteiger partial charge on any atom is -0.493 e. The van der Waals surface area contributed by atoms with Crippen molar-refractivity contribution in [3.63, 3.8) is 0 Å². The second kappa shape index (κ2) is 11.0. The van der Waals surface area contributed by atoms with Gasteiger partial charge in [-0.15, -0.1) is 10.2 Å². The maximum Gasteiger partial charge on any atom is 0.416 e. The maximum absolute atomic E-state index is 13.5. The summed E-state index contributed by atoms with van der Waals surface area (Å²) < 4.78 is 63.8. The molecular weight excluding hydrogens is 488 g/mol. The lowest BCUT2D eigenvalue weighted by Crippen LogP contribution is -2.13. The zero-order valence-electron chi connectivity index (χ0n) is 18.4. The van der Waals surface area contributed by atoms with Crippen molar-refractivity contribution in [1.29, 1.82) is 5.26 Å². The van der Waals surface area contributed by atoms with Crippen LogP contribution < -0.4 is 14.8 Å². The van der Waals surface area contributed by atoms with E-state index in [2.05, 4.69) is 15.5 Å². The first-order valence-electron chi connectivity index (χ1n) is 10.1. The monoisotopic (exact) mass is 506 g/mol. The van der Waals surface area contributed by atoms with Gasteiger partial charge in [0.2, 0.25) is 5.13 Å². The number of aryl methyl sites for hydroxylation is 1. The number of aromatic nitrogens is 2. The Bertz CT molecular complexity index is 1300. The van der Waals surface area contributed by atoms with E-state index in [-0.39, 0.29) is 27.8 Å². The molecule has 1 aromatic heterocycles. The zero-order chi connectivity index (χ0) is 25.6. The van der Waals surface area contributed by atoms with E-state index in [1.807, 2.05) is 13.0 Å². The molecule has 0 bridgehead atoms. The molecule has 3 rings (SSSR count). The number of carbonyl (C=O) groups excluding carboxylic acids is 1. The molecule has 0 atom stereocenters. The quantitative estimate of drug-likeness (QED) is 0.250. The average Bonchev–Trinajstić information content (AvgIpc) is 3.28. The molecule has 0 aliphatic rings. The number of hydrogen-bond acceptors (Lipinski definition) is 7. The second-order valence-corrected chi connectivity index (χ2v) is 8.04. The molecule has 35 heavy (non-hydrogen) atoms. The second-order valence-electron chi connectivity index (χ2n) is 6.98. The van der Waals surface area contributed by atoms with Crippen molar-refractivity contribution in [3.05, 3.63) is 69.5 Å². The minimum absolute atomic E-state index is 0.0888. The largest absolute Gasteiger partial charge is 0.493 e. The van der Waals surface area contributed by atoms with Gasteiger partial charge in [0.25, 0.3) is 5.91 Å². The molecule has 0 radical (unpaired) electrons. The van der Waals surface area contributed by atoms with Gasteiger partial charge >= 0.3 is 6.18 Å². The fraction of sp³-hybridized carbons (Fsp3) is 0.217. The van der Waals surface area contributed by atoms with Gasteiger partial charge < -0.3 is 9.47 Å². The number of methoxy groups -OCH3 is 1. The molecule has 0 spiro atoms. The highest BCUT2D eigenvalue weighted by Gasteiger charge is 2.33. The number of alkyl halides is 3. The molecule has 0 fully saturated rings. The van der Waals surface area contributed by atoms with Crippen molar-refractivity contribution in [1.82, 2.24) is 10.2 Å². The number of nitrogens with zero attached hydrogens (tertiary/aromatic N) is 3. The summed E-state index contributed by atoms with van der Waals surface area (Å²) in [6, 6.07) is 8.27. The van der Waals surface area contributed by atoms with Crippen molar-refractivity contribution < 1.29 is 31.8 Å². The lowest BCUT2D eigenvalue weighted by Gasteiger charge is -2.15. The Morgan fingerprint density at radius 3 is 2.60 bits per heavy atom. The number of nitriles is 1. The van der Waals surface area contributed by atoms with Gasteiger partial charge in [0.15, 0.2) is 11.5 Å². The molecule has 0 saturated carbocycles. The fourth-order valence-corrected chi connectivity index (χ4v) is 3.61. The van der Waals surface area contributed by atoms with Crippen molar-refractivity contribution in [2.24, 2.45) is 0 Å². The van der Waals surface area contributed by atoms with Crippen LogP contribution in [0.1, 0.15) is 28.6 Å². The molecule has 0 unspecified atom stereocenters. The number of benzene rings is 2. The number of carbonyl (C=O) groups is 1. The molecular formula is C23H18F4N4O3S. The summed E-state index contributed by atoms with van der Waals surface area (Å²) in [6.07, 6.45) is -2.72. The van der Waals surface area contributed by atoms with Crippen LogP contribution in [0, 0.1) is 17.1 Å². The van der Waals surface area contributed by atoms with Crippen LogP contribution in [0.15, 0.2) is 42.0 Å². The molecule has 1 amide bonds. The van der Waals surface area contributed by atoms with Gasteiger partial charge in [-0.2, -0.15) is 18.4 Å². The summed E-state index contributed by atoms with van der Waals surface area (Å²) in [6.45, 7) is 1.33. The maximum atomic E-state index is 13.5. The first-order valence-corrected chi connectivity index (χ1v) is 10.9. The third-order valence-electron chi connectivity index (χ3n) is 4.61. The first-order chi connectivity index (χ1) is 16.6. The standard InChI is InChI=1S/C23H18F4N4O3S/c1-3-20-30-31-22(35-20)29-21(32)14(11-28)8-13-4-7-18(19(9-13)33-2)34-12-15-10-16(24)5-6-17(15)23(25,26)27/h4-10H,3,12H2,1-2H3,(H,29,31,32)/b14-8+. The third-order valence-corrected chi connectivity index (χ3v) is 5.59. The number of nitrogens with one attached hydrogen (secondary N) is 1. The lowest BCUT2D eigenvalue weighted by atomic mass is 10.1. The Hall–Kier alpha value is -3.98. The number of rotatable bonds is 8. The molecule has 182 valence electrons. The highest BCUT2D eigenvalue weighted by molar-refractivity contribution is 7.15. The zero-order valence-corrected chi connectivity index (χ0v) is 19.3. The highest BCUT2D eigenvalue weighted by Crippen LogP contribution is 2.34. The molecule has 7 nitrogen and oxygen atoms in total. The first kappa shape index (κ1) is 25.6. The summed E-state index contributed by atoms with van der Waals surface area (Å²) >= 11 is 1.19. The van der Waals surface area contributed by atoms with E-state index in [9.17, 15) is 27.6 Å². The normalized spacial score (nSPS) is 11.6. The van der Waals surface area contributed by atoms with E-state index in [1.54, 1.807) is 0 Å². The van der Waals surface area contributed by atoms with E-state index < -0.39 is 30.1 Å². The molecule has 2 aromatic carbocycles. The molecule has 1 N–H and O–H groups in total. The number of halogens is 4. The van der Waals surface area contributed by atoms with E-state index in [0.29, 0.717) is 18.1 Å². The van der Waals surface area contributed by atoms with Gasteiger partial charge in [-0.25, -0.2) is 4.39 Å². The van der Waals surface area contributed by atoms with Crippen LogP contribution in [0.3, 0.4) is 0 Å². The highest BCUT2D eigenvalue weighted by atomic mass is 32.1. The molecule has 3 aromatic rings.